The van der Waals surface area contributed by atoms with Crippen LogP contribution in [-0.2, 0) is 27.6 Å². The average Bonchev–Trinajstić information content (AvgIpc) is 2.73. The van der Waals surface area contributed by atoms with Crippen LogP contribution in [0.3, 0.4) is 0 Å². The van der Waals surface area contributed by atoms with Crippen LogP contribution in [0.25, 0.3) is 0 Å². The van der Waals surface area contributed by atoms with E-state index in [1.165, 1.54) is 22.5 Å². The quantitative estimate of drug-likeness (QED) is 0.721. The SMILES string of the molecule is CCc1ccc(C(=O)NCCc2cc(F)cc(F)c2)cc1S(=O)(=O)N1CCOCC1. The number of benzene rings is 2. The van der Waals surface area contributed by atoms with Crippen LogP contribution >= 0.6 is 0 Å². The monoisotopic (exact) mass is 438 g/mol. The highest BCUT2D eigenvalue weighted by Crippen LogP contribution is 2.23. The van der Waals surface area contributed by atoms with Crippen molar-refractivity contribution in [3.05, 3.63) is 64.7 Å². The Balaban J connectivity index is 1.74. The Morgan fingerprint density at radius 2 is 1.77 bits per heavy atom. The normalized spacial score (nSPS) is 15.2. The summed E-state index contributed by atoms with van der Waals surface area (Å²) in [6.45, 7) is 3.22. The number of morpholine rings is 1. The number of carbonyl (C=O) groups excluding carboxylic acids is 1. The third-order valence-electron chi connectivity index (χ3n) is 4.92. The lowest BCUT2D eigenvalue weighted by Gasteiger charge is -2.27. The molecule has 0 aromatic heterocycles. The van der Waals surface area contributed by atoms with Gasteiger partial charge in [-0.1, -0.05) is 13.0 Å². The van der Waals surface area contributed by atoms with E-state index in [-0.39, 0.29) is 36.5 Å². The fourth-order valence-electron chi connectivity index (χ4n) is 3.33. The van der Waals surface area contributed by atoms with Crippen LogP contribution in [0, 0.1) is 11.6 Å². The van der Waals surface area contributed by atoms with Crippen LogP contribution in [0.1, 0.15) is 28.4 Å². The van der Waals surface area contributed by atoms with Gasteiger partial charge in [-0.05, 0) is 48.2 Å². The number of nitrogens with one attached hydrogen (secondary N) is 1. The topological polar surface area (TPSA) is 75.7 Å². The van der Waals surface area contributed by atoms with Gasteiger partial charge in [0.25, 0.3) is 5.91 Å². The van der Waals surface area contributed by atoms with Gasteiger partial charge in [-0.25, -0.2) is 17.2 Å². The molecule has 0 aliphatic carbocycles. The van der Waals surface area contributed by atoms with E-state index in [4.69, 9.17) is 4.74 Å². The van der Waals surface area contributed by atoms with Crippen molar-refractivity contribution in [3.63, 3.8) is 0 Å². The van der Waals surface area contributed by atoms with E-state index in [1.807, 2.05) is 6.92 Å². The molecular formula is C21H24F2N2O4S. The summed E-state index contributed by atoms with van der Waals surface area (Å²) in [5.74, 6) is -1.80. The molecule has 1 aliphatic heterocycles. The van der Waals surface area contributed by atoms with E-state index in [9.17, 15) is 22.0 Å². The summed E-state index contributed by atoms with van der Waals surface area (Å²) in [5.41, 5.74) is 1.27. The highest BCUT2D eigenvalue weighted by atomic mass is 32.2. The molecule has 0 atom stereocenters. The predicted molar refractivity (Wildman–Crippen MR) is 108 cm³/mol. The van der Waals surface area contributed by atoms with Crippen molar-refractivity contribution >= 4 is 15.9 Å². The van der Waals surface area contributed by atoms with Crippen LogP contribution in [0.4, 0.5) is 8.78 Å². The largest absolute Gasteiger partial charge is 0.379 e. The predicted octanol–water partition coefficient (Wildman–Crippen LogP) is 2.52. The summed E-state index contributed by atoms with van der Waals surface area (Å²) < 4.78 is 59.3. The van der Waals surface area contributed by atoms with Crippen LogP contribution < -0.4 is 5.32 Å². The molecule has 2 aromatic carbocycles. The van der Waals surface area contributed by atoms with E-state index in [0.29, 0.717) is 30.8 Å². The van der Waals surface area contributed by atoms with Crippen LogP contribution in [0.5, 0.6) is 0 Å². The van der Waals surface area contributed by atoms with Gasteiger partial charge in [0.1, 0.15) is 11.6 Å². The maximum Gasteiger partial charge on any atom is 0.251 e. The molecule has 3 rings (SSSR count). The molecule has 0 radical (unpaired) electrons. The third kappa shape index (κ3) is 5.21. The summed E-state index contributed by atoms with van der Waals surface area (Å²) in [6, 6.07) is 7.81. The summed E-state index contributed by atoms with van der Waals surface area (Å²) >= 11 is 0. The summed E-state index contributed by atoms with van der Waals surface area (Å²) in [6.07, 6.45) is 0.748. The molecule has 1 heterocycles. The molecule has 9 heteroatoms. The van der Waals surface area contributed by atoms with Gasteiger partial charge in [0.2, 0.25) is 10.0 Å². The molecule has 1 amide bonds. The molecule has 30 heavy (non-hydrogen) atoms. The number of ether oxygens (including phenoxy) is 1. The first-order valence-corrected chi connectivity index (χ1v) is 11.2. The standard InChI is InChI=1S/C21H24F2N2O4S/c1-2-16-3-4-17(13-20(16)30(27,28)25-7-9-29-10-8-25)21(26)24-6-5-15-11-18(22)14-19(23)12-15/h3-4,11-14H,2,5-10H2,1H3,(H,24,26). The van der Waals surface area contributed by atoms with Crippen LogP contribution in [-0.4, -0.2) is 51.5 Å². The Hall–Kier alpha value is -2.36. The molecule has 1 N–H and O–H groups in total. The van der Waals surface area contributed by atoms with E-state index < -0.39 is 27.6 Å². The zero-order valence-electron chi connectivity index (χ0n) is 16.7. The lowest BCUT2D eigenvalue weighted by atomic mass is 10.1. The minimum atomic E-state index is -3.74. The van der Waals surface area contributed by atoms with E-state index in [0.717, 1.165) is 6.07 Å². The maximum atomic E-state index is 13.3. The van der Waals surface area contributed by atoms with Crippen molar-refractivity contribution in [3.8, 4) is 0 Å². The fraction of sp³-hybridized carbons (Fsp3) is 0.381. The van der Waals surface area contributed by atoms with Gasteiger partial charge in [0.15, 0.2) is 0 Å². The van der Waals surface area contributed by atoms with E-state index in [1.54, 1.807) is 12.1 Å². The zero-order chi connectivity index (χ0) is 21.7. The third-order valence-corrected chi connectivity index (χ3v) is 6.90. The second-order valence-electron chi connectivity index (χ2n) is 6.98. The first-order chi connectivity index (χ1) is 14.3. The smallest absolute Gasteiger partial charge is 0.251 e. The highest BCUT2D eigenvalue weighted by molar-refractivity contribution is 7.89. The lowest BCUT2D eigenvalue weighted by molar-refractivity contribution is 0.0730. The Kier molecular flexibility index (Phi) is 7.17. The second kappa shape index (κ2) is 9.63. The Morgan fingerprint density at radius 1 is 1.10 bits per heavy atom. The number of halogens is 2. The molecule has 1 fully saturated rings. The number of nitrogens with zero attached hydrogens (tertiary/aromatic N) is 1. The number of rotatable bonds is 7. The van der Waals surface area contributed by atoms with Gasteiger partial charge in [0, 0.05) is 31.3 Å². The molecule has 1 saturated heterocycles. The molecule has 0 saturated carbocycles. The lowest BCUT2D eigenvalue weighted by Crippen LogP contribution is -2.41. The Labute approximate surface area is 174 Å². The Bertz CT molecular complexity index is 1000. The number of sulfonamides is 1. The van der Waals surface area contributed by atoms with E-state index >= 15 is 0 Å². The maximum absolute atomic E-state index is 13.3. The van der Waals surface area contributed by atoms with Crippen molar-refractivity contribution in [1.29, 1.82) is 0 Å². The van der Waals surface area contributed by atoms with Crippen molar-refractivity contribution < 1.29 is 26.7 Å². The molecule has 6 nitrogen and oxygen atoms in total. The molecular weight excluding hydrogens is 414 g/mol. The molecule has 1 aliphatic rings. The minimum absolute atomic E-state index is 0.117. The van der Waals surface area contributed by atoms with Gasteiger partial charge in [-0.15, -0.1) is 0 Å². The average molecular weight is 438 g/mol. The van der Waals surface area contributed by atoms with Gasteiger partial charge in [-0.2, -0.15) is 4.31 Å². The highest BCUT2D eigenvalue weighted by Gasteiger charge is 2.29. The van der Waals surface area contributed by atoms with Crippen molar-refractivity contribution in [1.82, 2.24) is 9.62 Å². The summed E-state index contributed by atoms with van der Waals surface area (Å²) in [7, 11) is -3.74. The first kappa shape index (κ1) is 22.3. The van der Waals surface area contributed by atoms with Crippen molar-refractivity contribution in [2.45, 2.75) is 24.7 Å². The van der Waals surface area contributed by atoms with Crippen molar-refractivity contribution in [2.24, 2.45) is 0 Å². The minimum Gasteiger partial charge on any atom is -0.379 e. The summed E-state index contributed by atoms with van der Waals surface area (Å²) in [5, 5.41) is 2.67. The van der Waals surface area contributed by atoms with Gasteiger partial charge < -0.3 is 10.1 Å². The molecule has 2 aromatic rings. The number of carbonyl (C=O) groups is 1. The molecule has 162 valence electrons. The molecule has 0 bridgehead atoms. The summed E-state index contributed by atoms with van der Waals surface area (Å²) in [4.78, 5) is 12.7. The Morgan fingerprint density at radius 3 is 2.40 bits per heavy atom. The van der Waals surface area contributed by atoms with Gasteiger partial charge in [0.05, 0.1) is 18.1 Å². The van der Waals surface area contributed by atoms with E-state index in [2.05, 4.69) is 5.32 Å². The zero-order valence-corrected chi connectivity index (χ0v) is 17.5. The molecule has 0 unspecified atom stereocenters. The fourth-order valence-corrected chi connectivity index (χ4v) is 5.06. The van der Waals surface area contributed by atoms with Gasteiger partial charge in [-0.3, -0.25) is 4.79 Å². The van der Waals surface area contributed by atoms with Gasteiger partial charge >= 0.3 is 0 Å². The number of aryl methyl sites for hydroxylation is 1. The number of amides is 1. The first-order valence-electron chi connectivity index (χ1n) is 9.75. The van der Waals surface area contributed by atoms with Crippen molar-refractivity contribution in [2.75, 3.05) is 32.8 Å². The van der Waals surface area contributed by atoms with Crippen LogP contribution in [0.2, 0.25) is 0 Å². The second-order valence-corrected chi connectivity index (χ2v) is 8.88. The number of hydrogen-bond acceptors (Lipinski definition) is 4. The molecule has 0 spiro atoms. The number of hydrogen-bond donors (Lipinski definition) is 1. The van der Waals surface area contributed by atoms with Crippen LogP contribution in [0.15, 0.2) is 41.3 Å².